The van der Waals surface area contributed by atoms with Crippen LogP contribution in [0.5, 0.6) is 0 Å². The minimum Gasteiger partial charge on any atom is -0.268 e. The van der Waals surface area contributed by atoms with Gasteiger partial charge in [0, 0.05) is 17.5 Å². The number of carbonyl (C=O) groups is 1. The summed E-state index contributed by atoms with van der Waals surface area (Å²) in [5, 5.41) is 0. The number of carbonyl (C=O) groups excluding carboxylic acids is 1. The predicted octanol–water partition coefficient (Wildman–Crippen LogP) is 6.47. The molecule has 0 spiro atoms. The molecular weight excluding hydrogens is 368 g/mol. The molecule has 0 aromatic heterocycles. The first-order chi connectivity index (χ1) is 11.2. The Morgan fingerprint density at radius 2 is 1.83 bits per heavy atom. The lowest BCUT2D eigenvalue weighted by Crippen LogP contribution is -2.28. The normalized spacial score (nSPS) is 11.6. The topological polar surface area (TPSA) is 20.3 Å². The number of rotatable bonds is 5. The van der Waals surface area contributed by atoms with Crippen molar-refractivity contribution in [1.82, 2.24) is 0 Å². The predicted molar refractivity (Wildman–Crippen MR) is 102 cm³/mol. The minimum absolute atomic E-state index is 0.271. The average molecular weight is 386 g/mol. The summed E-state index contributed by atoms with van der Waals surface area (Å²) in [6.45, 7) is 5.91. The number of halogens is 3. The Balaban J connectivity index is 2.47. The Hall–Kier alpha value is -1.23. The van der Waals surface area contributed by atoms with E-state index in [2.05, 4.69) is 0 Å². The molecule has 2 nitrogen and oxygen atoms in total. The number of alkyl halides is 3. The molecule has 6 heteroatoms. The van der Waals surface area contributed by atoms with Crippen LogP contribution in [0.25, 0.3) is 0 Å². The highest BCUT2D eigenvalue weighted by Crippen LogP contribution is 2.42. The van der Waals surface area contributed by atoms with E-state index in [0.29, 0.717) is 23.2 Å². The molecule has 2 aromatic rings. The zero-order valence-corrected chi connectivity index (χ0v) is 15.9. The largest absolute Gasteiger partial charge is 0.324 e. The molecule has 2 rings (SSSR count). The molecule has 2 aromatic carbocycles. The Morgan fingerprint density at radius 3 is 2.42 bits per heavy atom. The quantitative estimate of drug-likeness (QED) is 0.433. The van der Waals surface area contributed by atoms with E-state index in [-0.39, 0.29) is 11.8 Å². The number of aryl methyl sites for hydroxylation is 1. The number of anilines is 1. The third-order valence-electron chi connectivity index (χ3n) is 3.53. The van der Waals surface area contributed by atoms with Crippen molar-refractivity contribution in [2.24, 2.45) is 0 Å². The summed E-state index contributed by atoms with van der Waals surface area (Å²) in [6, 6.07) is 14.5. The van der Waals surface area contributed by atoms with Gasteiger partial charge in [0.2, 0.25) is 0 Å². The Bertz CT molecular complexity index is 731. The zero-order chi connectivity index (χ0) is 17.9. The summed E-state index contributed by atoms with van der Waals surface area (Å²) in [5.41, 5.74) is 2.83. The van der Waals surface area contributed by atoms with Gasteiger partial charge in [-0.05, 0) is 42.2 Å². The van der Waals surface area contributed by atoms with E-state index in [1.165, 1.54) is 4.31 Å². The van der Waals surface area contributed by atoms with E-state index in [1.54, 1.807) is 18.2 Å². The van der Waals surface area contributed by atoms with Gasteiger partial charge < -0.3 is 0 Å². The maximum Gasteiger partial charge on any atom is 0.324 e. The van der Waals surface area contributed by atoms with Crippen LogP contribution in [-0.2, 0) is 0 Å². The van der Waals surface area contributed by atoms with E-state index in [4.69, 9.17) is 23.2 Å². The molecule has 0 saturated heterocycles. The molecule has 128 valence electrons. The van der Waals surface area contributed by atoms with Crippen molar-refractivity contribution >= 4 is 46.7 Å². The highest BCUT2D eigenvalue weighted by atomic mass is 35.5. The van der Waals surface area contributed by atoms with Crippen molar-refractivity contribution in [2.75, 3.05) is 4.31 Å². The first kappa shape index (κ1) is 19.1. The highest BCUT2D eigenvalue weighted by Gasteiger charge is 2.32. The van der Waals surface area contributed by atoms with Crippen molar-refractivity contribution in [3.8, 4) is 0 Å². The minimum atomic E-state index is -2.62. The third-order valence-corrected chi connectivity index (χ3v) is 4.71. The monoisotopic (exact) mass is 385 g/mol. The van der Waals surface area contributed by atoms with E-state index in [0.717, 1.165) is 11.1 Å². The molecule has 1 amide bonds. The van der Waals surface area contributed by atoms with Gasteiger partial charge in [-0.1, -0.05) is 67.4 Å². The molecular formula is C18H18Cl2FNOS. The number of amides is 1. The fraction of sp³-hybridized carbons (Fsp3) is 0.278. The molecule has 0 unspecified atom stereocenters. The second-order valence-electron chi connectivity index (χ2n) is 5.70. The summed E-state index contributed by atoms with van der Waals surface area (Å²) < 4.78 is 12.4. The molecule has 0 atom stereocenters. The number of hydrogen-bond donors (Lipinski definition) is 0. The molecule has 24 heavy (non-hydrogen) atoms. The van der Waals surface area contributed by atoms with Crippen molar-refractivity contribution in [3.63, 3.8) is 0 Å². The van der Waals surface area contributed by atoms with Gasteiger partial charge in [0.1, 0.15) is 0 Å². The molecule has 0 aliphatic carbocycles. The summed E-state index contributed by atoms with van der Waals surface area (Å²) in [4.78, 5) is 12.9. The van der Waals surface area contributed by atoms with Crippen LogP contribution < -0.4 is 4.31 Å². The van der Waals surface area contributed by atoms with Crippen LogP contribution in [0.2, 0.25) is 0 Å². The summed E-state index contributed by atoms with van der Waals surface area (Å²) in [5.74, 6) is -0.102. The molecule has 0 bridgehead atoms. The Morgan fingerprint density at radius 1 is 1.17 bits per heavy atom. The molecule has 0 aliphatic heterocycles. The van der Waals surface area contributed by atoms with E-state index < -0.39 is 3.92 Å². The first-order valence-electron chi connectivity index (χ1n) is 7.45. The fourth-order valence-electron chi connectivity index (χ4n) is 2.25. The summed E-state index contributed by atoms with van der Waals surface area (Å²) >= 11 is 11.5. The van der Waals surface area contributed by atoms with E-state index in [1.807, 2.05) is 51.1 Å². The lowest BCUT2D eigenvalue weighted by Gasteiger charge is -2.25. The van der Waals surface area contributed by atoms with E-state index >= 15 is 0 Å². The molecule has 0 heterocycles. The number of nitrogens with zero attached hydrogens (tertiary/aromatic N) is 1. The molecule has 0 saturated carbocycles. The summed E-state index contributed by atoms with van der Waals surface area (Å²) in [7, 11) is 0. The third kappa shape index (κ3) is 4.88. The zero-order valence-electron chi connectivity index (χ0n) is 13.6. The Labute approximate surface area is 156 Å². The van der Waals surface area contributed by atoms with Crippen molar-refractivity contribution < 1.29 is 9.18 Å². The van der Waals surface area contributed by atoms with Crippen molar-refractivity contribution in [1.29, 1.82) is 0 Å². The van der Waals surface area contributed by atoms with E-state index in [9.17, 15) is 9.18 Å². The van der Waals surface area contributed by atoms with Crippen LogP contribution in [0, 0.1) is 6.92 Å². The lowest BCUT2D eigenvalue weighted by molar-refractivity contribution is 0.101. The molecule has 0 radical (unpaired) electrons. The lowest BCUT2D eigenvalue weighted by atomic mass is 10.0. The molecule has 0 fully saturated rings. The summed E-state index contributed by atoms with van der Waals surface area (Å²) in [6.07, 6.45) is 0. The average Bonchev–Trinajstić information content (AvgIpc) is 2.52. The standard InChI is InChI=1S/C18H18Cl2FNOS/c1-12(2)14-8-6-9-15(11-14)22(24-18(19,20)21)17(23)16-10-5-4-7-13(16)3/h4-12H,1-3H3. The van der Waals surface area contributed by atoms with Crippen LogP contribution >= 0.6 is 35.1 Å². The second kappa shape index (κ2) is 7.77. The maximum atomic E-state index is 13.9. The molecule has 0 N–H and O–H groups in total. The van der Waals surface area contributed by atoms with Crippen molar-refractivity contribution in [3.05, 3.63) is 65.2 Å². The van der Waals surface area contributed by atoms with Gasteiger partial charge in [0.05, 0.1) is 5.69 Å². The van der Waals surface area contributed by atoms with Gasteiger partial charge in [0.25, 0.3) is 5.91 Å². The molecule has 0 aliphatic rings. The van der Waals surface area contributed by atoms with Gasteiger partial charge in [0.15, 0.2) is 0 Å². The first-order valence-corrected chi connectivity index (χ1v) is 8.98. The van der Waals surface area contributed by atoms with Gasteiger partial charge in [-0.25, -0.2) is 4.31 Å². The van der Waals surface area contributed by atoms with Crippen LogP contribution in [-0.4, -0.2) is 9.83 Å². The van der Waals surface area contributed by atoms with Crippen LogP contribution in [0.4, 0.5) is 10.1 Å². The van der Waals surface area contributed by atoms with Gasteiger partial charge >= 0.3 is 3.92 Å². The van der Waals surface area contributed by atoms with Gasteiger partial charge in [-0.2, -0.15) is 4.39 Å². The van der Waals surface area contributed by atoms with Crippen LogP contribution in [0.1, 0.15) is 41.3 Å². The fourth-order valence-corrected chi connectivity index (χ4v) is 3.27. The number of hydrogen-bond acceptors (Lipinski definition) is 2. The van der Waals surface area contributed by atoms with Crippen LogP contribution in [0.3, 0.4) is 0 Å². The maximum absolute atomic E-state index is 13.9. The van der Waals surface area contributed by atoms with Crippen LogP contribution in [0.15, 0.2) is 48.5 Å². The van der Waals surface area contributed by atoms with Gasteiger partial charge in [-0.15, -0.1) is 0 Å². The smallest absolute Gasteiger partial charge is 0.268 e. The Kier molecular flexibility index (Phi) is 6.18. The highest BCUT2D eigenvalue weighted by molar-refractivity contribution is 8.05. The second-order valence-corrected chi connectivity index (χ2v) is 8.49. The van der Waals surface area contributed by atoms with Gasteiger partial charge in [-0.3, -0.25) is 4.79 Å². The number of benzene rings is 2. The van der Waals surface area contributed by atoms with Crippen molar-refractivity contribution in [2.45, 2.75) is 30.6 Å². The SMILES string of the molecule is Cc1ccccc1C(=O)N(SC(F)(Cl)Cl)c1cccc(C(C)C)c1.